The van der Waals surface area contributed by atoms with Crippen LogP contribution in [0.2, 0.25) is 0 Å². The maximum atomic E-state index is 13.5. The van der Waals surface area contributed by atoms with Gasteiger partial charge in [0.2, 0.25) is 5.91 Å². The second-order valence-corrected chi connectivity index (χ2v) is 4.93. The Morgan fingerprint density at radius 3 is 2.42 bits per heavy atom. The van der Waals surface area contributed by atoms with Crippen LogP contribution < -0.4 is 16.0 Å². The van der Waals surface area contributed by atoms with E-state index in [2.05, 4.69) is 20.9 Å². The molecule has 0 spiro atoms. The molecule has 7 heteroatoms. The Hall–Kier alpha value is -2.96. The molecular formula is C17H18F2N4O. The monoisotopic (exact) mass is 332 g/mol. The van der Waals surface area contributed by atoms with Crippen LogP contribution in [-0.2, 0) is 11.3 Å². The number of hydrogen-bond acceptors (Lipinski definition) is 2. The van der Waals surface area contributed by atoms with Gasteiger partial charge in [0.1, 0.15) is 11.6 Å². The summed E-state index contributed by atoms with van der Waals surface area (Å²) in [4.78, 5) is 15.8. The van der Waals surface area contributed by atoms with Crippen molar-refractivity contribution < 1.29 is 13.6 Å². The molecule has 0 saturated heterocycles. The molecule has 3 N–H and O–H groups in total. The summed E-state index contributed by atoms with van der Waals surface area (Å²) in [6.07, 6.45) is 0. The number of guanidine groups is 1. The summed E-state index contributed by atoms with van der Waals surface area (Å²) in [5.41, 5.74) is 0.994. The number of nitrogens with one attached hydrogen (secondary N) is 3. The predicted molar refractivity (Wildman–Crippen MR) is 89.6 cm³/mol. The van der Waals surface area contributed by atoms with Crippen LogP contribution in [0.15, 0.2) is 53.5 Å². The lowest BCUT2D eigenvalue weighted by Crippen LogP contribution is -2.41. The smallest absolute Gasteiger partial charge is 0.243 e. The van der Waals surface area contributed by atoms with Crippen molar-refractivity contribution in [2.75, 3.05) is 18.9 Å². The first-order chi connectivity index (χ1) is 11.6. The zero-order chi connectivity index (χ0) is 17.4. The Labute approximate surface area is 138 Å². The van der Waals surface area contributed by atoms with Crippen molar-refractivity contribution in [1.29, 1.82) is 0 Å². The zero-order valence-electron chi connectivity index (χ0n) is 13.1. The molecule has 0 fully saturated rings. The first-order valence-corrected chi connectivity index (χ1v) is 7.32. The van der Waals surface area contributed by atoms with Gasteiger partial charge in [0.15, 0.2) is 5.96 Å². The van der Waals surface area contributed by atoms with Gasteiger partial charge in [-0.3, -0.25) is 9.79 Å². The highest BCUT2D eigenvalue weighted by molar-refractivity contribution is 5.94. The number of anilines is 1. The van der Waals surface area contributed by atoms with Gasteiger partial charge in [0, 0.05) is 24.8 Å². The molecule has 0 aliphatic heterocycles. The van der Waals surface area contributed by atoms with Crippen molar-refractivity contribution in [3.05, 3.63) is 65.7 Å². The fourth-order valence-electron chi connectivity index (χ4n) is 1.94. The summed E-state index contributed by atoms with van der Waals surface area (Å²) in [5.74, 6) is -0.624. The van der Waals surface area contributed by atoms with Crippen molar-refractivity contribution >= 4 is 17.6 Å². The average Bonchev–Trinajstić information content (AvgIpc) is 2.58. The van der Waals surface area contributed by atoms with Crippen LogP contribution in [0, 0.1) is 11.6 Å². The summed E-state index contributed by atoms with van der Waals surface area (Å²) in [6.45, 7) is 0.209. The van der Waals surface area contributed by atoms with Crippen molar-refractivity contribution in [2.24, 2.45) is 4.99 Å². The predicted octanol–water partition coefficient (Wildman–Crippen LogP) is 2.27. The van der Waals surface area contributed by atoms with Crippen LogP contribution in [0.1, 0.15) is 5.56 Å². The summed E-state index contributed by atoms with van der Waals surface area (Å²) >= 11 is 0. The molecule has 0 radical (unpaired) electrons. The Morgan fingerprint density at radius 2 is 1.75 bits per heavy atom. The van der Waals surface area contributed by atoms with Crippen LogP contribution in [-0.4, -0.2) is 25.5 Å². The lowest BCUT2D eigenvalue weighted by atomic mass is 10.2. The number of hydrogen-bond donors (Lipinski definition) is 3. The van der Waals surface area contributed by atoms with E-state index in [-0.39, 0.29) is 30.6 Å². The van der Waals surface area contributed by atoms with Crippen molar-refractivity contribution in [3.63, 3.8) is 0 Å². The molecule has 5 nitrogen and oxygen atoms in total. The van der Waals surface area contributed by atoms with E-state index in [9.17, 15) is 13.6 Å². The molecule has 0 unspecified atom stereocenters. The maximum absolute atomic E-state index is 13.5. The number of carbonyl (C=O) groups is 1. The topological polar surface area (TPSA) is 65.5 Å². The van der Waals surface area contributed by atoms with Crippen LogP contribution in [0.3, 0.4) is 0 Å². The van der Waals surface area contributed by atoms with E-state index in [4.69, 9.17) is 0 Å². The number of halogens is 2. The highest BCUT2D eigenvalue weighted by Gasteiger charge is 2.06. The summed E-state index contributed by atoms with van der Waals surface area (Å²) in [7, 11) is 1.55. The first-order valence-electron chi connectivity index (χ1n) is 7.32. The normalized spacial score (nSPS) is 11.0. The van der Waals surface area contributed by atoms with E-state index in [1.165, 1.54) is 30.3 Å². The van der Waals surface area contributed by atoms with E-state index >= 15 is 0 Å². The van der Waals surface area contributed by atoms with Gasteiger partial charge in [-0.15, -0.1) is 0 Å². The van der Waals surface area contributed by atoms with Gasteiger partial charge in [0.25, 0.3) is 0 Å². The maximum Gasteiger partial charge on any atom is 0.243 e. The summed E-state index contributed by atoms with van der Waals surface area (Å²) in [6, 6.07) is 11.9. The van der Waals surface area contributed by atoms with Gasteiger partial charge in [-0.1, -0.05) is 18.2 Å². The number of rotatable bonds is 5. The molecule has 0 aliphatic carbocycles. The number of benzene rings is 2. The standard InChI is InChI=1S/C17H18F2N4O/c1-20-17(21-10-12-4-2-3-5-15(12)19)22-11-16(24)23-14-8-6-13(18)7-9-14/h2-9H,10-11H2,1H3,(H,23,24)(H2,20,21,22). The van der Waals surface area contributed by atoms with E-state index in [1.807, 2.05) is 0 Å². The molecule has 0 saturated carbocycles. The van der Waals surface area contributed by atoms with Gasteiger partial charge in [-0.2, -0.15) is 0 Å². The highest BCUT2D eigenvalue weighted by Crippen LogP contribution is 2.07. The minimum atomic E-state index is -0.371. The Balaban J connectivity index is 1.79. The number of amides is 1. The molecule has 0 heterocycles. The Bertz CT molecular complexity index is 717. The molecule has 0 atom stereocenters. The molecule has 126 valence electrons. The fraction of sp³-hybridized carbons (Fsp3) is 0.176. The SMILES string of the molecule is CN=C(NCC(=O)Nc1ccc(F)cc1)NCc1ccccc1F. The molecule has 0 aliphatic rings. The minimum absolute atomic E-state index is 0.0334. The second-order valence-electron chi connectivity index (χ2n) is 4.93. The van der Waals surface area contributed by atoms with Crippen molar-refractivity contribution in [3.8, 4) is 0 Å². The van der Waals surface area contributed by atoms with Gasteiger partial charge >= 0.3 is 0 Å². The molecular weight excluding hydrogens is 314 g/mol. The van der Waals surface area contributed by atoms with Crippen LogP contribution in [0.4, 0.5) is 14.5 Å². The molecule has 0 aromatic heterocycles. The molecule has 24 heavy (non-hydrogen) atoms. The molecule has 1 amide bonds. The largest absolute Gasteiger partial charge is 0.352 e. The summed E-state index contributed by atoms with van der Waals surface area (Å²) < 4.78 is 26.3. The highest BCUT2D eigenvalue weighted by atomic mass is 19.1. The van der Waals surface area contributed by atoms with Crippen LogP contribution in [0.25, 0.3) is 0 Å². The van der Waals surface area contributed by atoms with Crippen molar-refractivity contribution in [1.82, 2.24) is 10.6 Å². The van der Waals surface area contributed by atoms with Gasteiger partial charge < -0.3 is 16.0 Å². The quantitative estimate of drug-likeness (QED) is 0.581. The second kappa shape index (κ2) is 8.61. The molecule has 2 aromatic carbocycles. The summed E-state index contributed by atoms with van der Waals surface area (Å²) in [5, 5.41) is 8.36. The third-order valence-electron chi connectivity index (χ3n) is 3.17. The lowest BCUT2D eigenvalue weighted by Gasteiger charge is -2.12. The fourth-order valence-corrected chi connectivity index (χ4v) is 1.94. The zero-order valence-corrected chi connectivity index (χ0v) is 13.1. The number of carbonyl (C=O) groups excluding carboxylic acids is 1. The third kappa shape index (κ3) is 5.35. The van der Waals surface area contributed by atoms with Crippen LogP contribution in [0.5, 0.6) is 0 Å². The van der Waals surface area contributed by atoms with Gasteiger partial charge in [0.05, 0.1) is 6.54 Å². The minimum Gasteiger partial charge on any atom is -0.352 e. The number of nitrogens with zero attached hydrogens (tertiary/aromatic N) is 1. The molecule has 2 rings (SSSR count). The molecule has 0 bridgehead atoms. The van der Waals surface area contributed by atoms with E-state index in [0.717, 1.165) is 0 Å². The van der Waals surface area contributed by atoms with Crippen LogP contribution >= 0.6 is 0 Å². The van der Waals surface area contributed by atoms with E-state index in [0.29, 0.717) is 17.2 Å². The molecule has 2 aromatic rings. The van der Waals surface area contributed by atoms with E-state index in [1.54, 1.807) is 25.2 Å². The Morgan fingerprint density at radius 1 is 1.04 bits per heavy atom. The van der Waals surface area contributed by atoms with E-state index < -0.39 is 0 Å². The third-order valence-corrected chi connectivity index (χ3v) is 3.17. The first kappa shape index (κ1) is 17.4. The average molecular weight is 332 g/mol. The lowest BCUT2D eigenvalue weighted by molar-refractivity contribution is -0.115. The Kier molecular flexibility index (Phi) is 6.24. The van der Waals surface area contributed by atoms with Gasteiger partial charge in [-0.25, -0.2) is 8.78 Å². The van der Waals surface area contributed by atoms with Gasteiger partial charge in [-0.05, 0) is 30.3 Å². The van der Waals surface area contributed by atoms with Crippen molar-refractivity contribution in [2.45, 2.75) is 6.54 Å². The number of aliphatic imine (C=N–C) groups is 1.